The Hall–Kier alpha value is -7.04. The Bertz CT molecular complexity index is 3400. The van der Waals surface area contributed by atoms with Crippen LogP contribution in [0.2, 0.25) is 0 Å². The summed E-state index contributed by atoms with van der Waals surface area (Å²) in [5, 5.41) is 12.4. The van der Waals surface area contributed by atoms with Gasteiger partial charge < -0.3 is 5.11 Å². The van der Waals surface area contributed by atoms with E-state index in [1.807, 2.05) is 54.7 Å². The Morgan fingerprint density at radius 1 is 0.484 bits per heavy atom. The lowest BCUT2D eigenvalue weighted by Crippen LogP contribution is -2.17. The molecule has 4 nitrogen and oxygen atoms in total. The van der Waals surface area contributed by atoms with E-state index in [0.717, 1.165) is 66.8 Å². The molecule has 318 valence electrons. The van der Waals surface area contributed by atoms with E-state index < -0.39 is 11.5 Å². The lowest BCUT2D eigenvalue weighted by atomic mass is 9.79. The van der Waals surface area contributed by atoms with E-state index in [1.165, 1.54) is 5.56 Å². The van der Waals surface area contributed by atoms with Gasteiger partial charge in [0.25, 0.3) is 0 Å². The molecule has 1 N–H and O–H groups in total. The van der Waals surface area contributed by atoms with Crippen LogP contribution in [0.1, 0.15) is 85.9 Å². The summed E-state index contributed by atoms with van der Waals surface area (Å²) in [6.45, 7) is 19.5. The molecule has 0 unspecified atom stereocenters. The number of imidazole rings is 1. The summed E-state index contributed by atoms with van der Waals surface area (Å²) >= 11 is 0. The molecule has 0 saturated carbocycles. The molecule has 9 rings (SSSR count). The van der Waals surface area contributed by atoms with Gasteiger partial charge in [-0.15, -0.1) is 0 Å². The highest BCUT2D eigenvalue weighted by Crippen LogP contribution is 2.45. The number of fused-ring (bicyclic) bond motifs is 1. The summed E-state index contributed by atoms with van der Waals surface area (Å²) < 4.78 is 44.2. The van der Waals surface area contributed by atoms with Crippen LogP contribution in [0.3, 0.4) is 0 Å². The quantitative estimate of drug-likeness (QED) is 0.174. The number of aromatic nitrogens is 3. The van der Waals surface area contributed by atoms with E-state index in [9.17, 15) is 5.11 Å². The second-order valence-corrected chi connectivity index (χ2v) is 19.8. The van der Waals surface area contributed by atoms with E-state index >= 15 is 0 Å². The maximum atomic E-state index is 12.4. The summed E-state index contributed by atoms with van der Waals surface area (Å²) in [4.78, 5) is 10.5. The topological polar surface area (TPSA) is 50.9 Å². The zero-order valence-corrected chi connectivity index (χ0v) is 38.1. The SMILES string of the molecule is [2H]c1c([2H])c([2H])c(-c2ccc(-n3c(-c4cc(C(C)(C)C)cc(C(C)(C)C)c4O)nc4c(-c5cc(-c6ccccc6)cc(-c6cc(-c7ccc(C(C)(C)C)cc7)ccn6)c5)cccc43)cc2)c([2H])c1[2H]. The number of phenols is 1. The van der Waals surface area contributed by atoms with Crippen molar-refractivity contribution in [2.45, 2.75) is 78.6 Å². The molecular formula is C60H57N3O. The Morgan fingerprint density at radius 2 is 1.11 bits per heavy atom. The lowest BCUT2D eigenvalue weighted by Gasteiger charge is -2.27. The van der Waals surface area contributed by atoms with Gasteiger partial charge in [0.05, 0.1) is 29.1 Å². The molecule has 2 aromatic heterocycles. The largest absolute Gasteiger partial charge is 0.507 e. The van der Waals surface area contributed by atoms with Crippen LogP contribution in [-0.2, 0) is 16.2 Å². The summed E-state index contributed by atoms with van der Waals surface area (Å²) in [6.07, 6.45) is 1.87. The van der Waals surface area contributed by atoms with Gasteiger partial charge in [-0.05, 0) is 121 Å². The minimum absolute atomic E-state index is 0.0456. The molecule has 0 amide bonds. The van der Waals surface area contributed by atoms with Crippen molar-refractivity contribution < 1.29 is 12.0 Å². The molecule has 4 heteroatoms. The van der Waals surface area contributed by atoms with Crippen LogP contribution in [0, 0.1) is 0 Å². The molecule has 0 radical (unpaired) electrons. The standard InChI is InChI=1S/C60H57N3O/c1-58(2,3)47-27-23-42(24-28-47)43-31-32-61-53(36-43)46-34-44(40-19-14-11-15-20-40)33-45(35-46)50-21-16-22-54-55(50)62-57(51-37-48(59(4,5)6)38-52(56(51)64)60(7,8)9)63(54)49-29-25-41(26-30-49)39-17-12-10-13-18-39/h10-38,64H,1-9H3/i10D,12D,13D,17D,18D. The number of aromatic hydroxyl groups is 1. The van der Waals surface area contributed by atoms with Crippen LogP contribution >= 0.6 is 0 Å². The second-order valence-electron chi connectivity index (χ2n) is 19.8. The fourth-order valence-corrected chi connectivity index (χ4v) is 8.41. The molecule has 7 aromatic carbocycles. The Morgan fingerprint density at radius 3 is 1.78 bits per heavy atom. The third-order valence-corrected chi connectivity index (χ3v) is 12.1. The average molecular weight is 841 g/mol. The van der Waals surface area contributed by atoms with Crippen molar-refractivity contribution in [2.24, 2.45) is 0 Å². The predicted octanol–water partition coefficient (Wildman–Crippen LogP) is 16.0. The van der Waals surface area contributed by atoms with Crippen LogP contribution in [0.5, 0.6) is 5.75 Å². The molecule has 0 aliphatic carbocycles. The van der Waals surface area contributed by atoms with Crippen molar-refractivity contribution in [1.29, 1.82) is 0 Å². The maximum Gasteiger partial charge on any atom is 0.149 e. The second kappa shape index (κ2) is 16.3. The number of nitrogens with zero attached hydrogens (tertiary/aromatic N) is 3. The molecular weight excluding hydrogens is 779 g/mol. The molecule has 0 aliphatic rings. The summed E-state index contributed by atoms with van der Waals surface area (Å²) in [7, 11) is 0. The summed E-state index contributed by atoms with van der Waals surface area (Å²) in [5.41, 5.74) is 13.8. The highest BCUT2D eigenvalue weighted by molar-refractivity contribution is 5.98. The number of phenolic OH excluding ortho intramolecular Hbond substituents is 1. The van der Waals surface area contributed by atoms with Gasteiger partial charge >= 0.3 is 0 Å². The first-order valence-electron chi connectivity index (χ1n) is 24.5. The van der Waals surface area contributed by atoms with Gasteiger partial charge in [-0.25, -0.2) is 4.98 Å². The number of pyridine rings is 1. The van der Waals surface area contributed by atoms with Gasteiger partial charge in [-0.3, -0.25) is 9.55 Å². The molecule has 0 fully saturated rings. The van der Waals surface area contributed by atoms with Gasteiger partial charge in [0.2, 0.25) is 0 Å². The van der Waals surface area contributed by atoms with E-state index in [-0.39, 0.29) is 46.3 Å². The van der Waals surface area contributed by atoms with Gasteiger partial charge in [0.1, 0.15) is 11.6 Å². The highest BCUT2D eigenvalue weighted by atomic mass is 16.3. The van der Waals surface area contributed by atoms with Crippen molar-refractivity contribution in [3.8, 4) is 78.6 Å². The molecule has 0 atom stereocenters. The van der Waals surface area contributed by atoms with Crippen molar-refractivity contribution in [3.05, 3.63) is 193 Å². The van der Waals surface area contributed by atoms with Crippen molar-refractivity contribution in [2.75, 3.05) is 0 Å². The first-order valence-corrected chi connectivity index (χ1v) is 22.0. The first kappa shape index (κ1) is 36.4. The first-order chi connectivity index (χ1) is 32.6. The molecule has 9 aromatic rings. The monoisotopic (exact) mass is 840 g/mol. The normalized spacial score (nSPS) is 13.3. The van der Waals surface area contributed by atoms with E-state index in [2.05, 4.69) is 146 Å². The van der Waals surface area contributed by atoms with Crippen LogP contribution in [0.15, 0.2) is 176 Å². The Balaban J connectivity index is 1.28. The third-order valence-electron chi connectivity index (χ3n) is 12.1. The molecule has 2 heterocycles. The molecule has 0 saturated heterocycles. The minimum Gasteiger partial charge on any atom is -0.507 e. The Kier molecular flexibility index (Phi) is 9.26. The minimum atomic E-state index is -0.435. The fraction of sp³-hybridized carbons (Fsp3) is 0.200. The number of benzene rings is 7. The van der Waals surface area contributed by atoms with Crippen LogP contribution in [-0.4, -0.2) is 19.6 Å². The van der Waals surface area contributed by atoms with E-state index in [1.54, 1.807) is 12.1 Å². The predicted molar refractivity (Wildman–Crippen MR) is 269 cm³/mol. The van der Waals surface area contributed by atoms with Gasteiger partial charge in [-0.1, -0.05) is 177 Å². The van der Waals surface area contributed by atoms with Crippen LogP contribution < -0.4 is 0 Å². The molecule has 0 bridgehead atoms. The zero-order valence-electron chi connectivity index (χ0n) is 43.1. The van der Waals surface area contributed by atoms with Crippen LogP contribution in [0.25, 0.3) is 83.9 Å². The zero-order chi connectivity index (χ0) is 49.3. The average Bonchev–Trinajstić information content (AvgIpc) is 3.72. The number of hydrogen-bond acceptors (Lipinski definition) is 3. The number of para-hydroxylation sites is 1. The molecule has 64 heavy (non-hydrogen) atoms. The highest BCUT2D eigenvalue weighted by Gasteiger charge is 2.29. The van der Waals surface area contributed by atoms with Crippen LogP contribution in [0.4, 0.5) is 0 Å². The lowest BCUT2D eigenvalue weighted by molar-refractivity contribution is 0.446. The van der Waals surface area contributed by atoms with Gasteiger partial charge in [-0.2, -0.15) is 0 Å². The molecule has 0 spiro atoms. The number of rotatable bonds is 7. The third kappa shape index (κ3) is 8.29. The molecule has 0 aliphatic heterocycles. The number of hydrogen-bond donors (Lipinski definition) is 1. The van der Waals surface area contributed by atoms with Crippen molar-refractivity contribution in [3.63, 3.8) is 0 Å². The van der Waals surface area contributed by atoms with Gasteiger partial charge in [0.15, 0.2) is 0 Å². The maximum absolute atomic E-state index is 12.4. The fourth-order valence-electron chi connectivity index (χ4n) is 8.41. The van der Waals surface area contributed by atoms with E-state index in [0.29, 0.717) is 22.6 Å². The summed E-state index contributed by atoms with van der Waals surface area (Å²) in [6, 6.07) is 45.8. The van der Waals surface area contributed by atoms with E-state index in [4.69, 9.17) is 16.8 Å². The van der Waals surface area contributed by atoms with Crippen molar-refractivity contribution in [1.82, 2.24) is 14.5 Å². The van der Waals surface area contributed by atoms with Gasteiger partial charge in [0, 0.05) is 28.6 Å². The Labute approximate surface area is 386 Å². The smallest absolute Gasteiger partial charge is 0.149 e. The van der Waals surface area contributed by atoms with Crippen molar-refractivity contribution >= 4 is 11.0 Å². The summed E-state index contributed by atoms with van der Waals surface area (Å²) in [5.74, 6) is 0.685.